The highest BCUT2D eigenvalue weighted by molar-refractivity contribution is 5.54. The maximum absolute atomic E-state index is 4.47. The number of anilines is 1. The van der Waals surface area contributed by atoms with Crippen molar-refractivity contribution < 1.29 is 0 Å². The SMILES string of the molecule is CCC(C)N(CC)c1cc(C)ncc1CNC1CC1. The van der Waals surface area contributed by atoms with Crippen molar-refractivity contribution in [2.24, 2.45) is 0 Å². The molecule has 0 aliphatic heterocycles. The van der Waals surface area contributed by atoms with E-state index in [9.17, 15) is 0 Å². The first-order valence-electron chi connectivity index (χ1n) is 7.61. The molecule has 0 aromatic carbocycles. The van der Waals surface area contributed by atoms with Crippen LogP contribution in [0.15, 0.2) is 12.3 Å². The van der Waals surface area contributed by atoms with Crippen LogP contribution >= 0.6 is 0 Å². The highest BCUT2D eigenvalue weighted by Gasteiger charge is 2.21. The summed E-state index contributed by atoms with van der Waals surface area (Å²) in [5, 5.41) is 3.60. The molecule has 0 spiro atoms. The molecule has 0 amide bonds. The Balaban J connectivity index is 2.20. The van der Waals surface area contributed by atoms with E-state index in [1.807, 2.05) is 6.20 Å². The molecule has 106 valence electrons. The Morgan fingerprint density at radius 2 is 2.16 bits per heavy atom. The van der Waals surface area contributed by atoms with Gasteiger partial charge in [0.1, 0.15) is 0 Å². The largest absolute Gasteiger partial charge is 0.369 e. The summed E-state index contributed by atoms with van der Waals surface area (Å²) in [5.74, 6) is 0. The van der Waals surface area contributed by atoms with E-state index in [1.54, 1.807) is 0 Å². The lowest BCUT2D eigenvalue weighted by Gasteiger charge is -2.31. The summed E-state index contributed by atoms with van der Waals surface area (Å²) in [7, 11) is 0. The Kier molecular flexibility index (Phi) is 4.81. The smallest absolute Gasteiger partial charge is 0.0447 e. The van der Waals surface area contributed by atoms with Crippen molar-refractivity contribution >= 4 is 5.69 Å². The number of hydrogen-bond donors (Lipinski definition) is 1. The molecule has 2 rings (SSSR count). The van der Waals surface area contributed by atoms with Gasteiger partial charge in [-0.1, -0.05) is 6.92 Å². The lowest BCUT2D eigenvalue weighted by atomic mass is 10.1. The van der Waals surface area contributed by atoms with Crippen LogP contribution in [0.2, 0.25) is 0 Å². The Bertz CT molecular complexity index is 412. The van der Waals surface area contributed by atoms with Gasteiger partial charge in [0, 0.05) is 48.3 Å². The zero-order valence-electron chi connectivity index (χ0n) is 12.7. The number of nitrogens with zero attached hydrogens (tertiary/aromatic N) is 2. The van der Waals surface area contributed by atoms with Gasteiger partial charge in [0.25, 0.3) is 0 Å². The summed E-state index contributed by atoms with van der Waals surface area (Å²) < 4.78 is 0. The van der Waals surface area contributed by atoms with E-state index in [-0.39, 0.29) is 0 Å². The molecule has 1 N–H and O–H groups in total. The van der Waals surface area contributed by atoms with Gasteiger partial charge in [0.05, 0.1) is 0 Å². The average Bonchev–Trinajstić information content (AvgIpc) is 3.22. The van der Waals surface area contributed by atoms with Crippen LogP contribution in [0, 0.1) is 6.92 Å². The van der Waals surface area contributed by atoms with Crippen LogP contribution in [0.4, 0.5) is 5.69 Å². The Labute approximate surface area is 117 Å². The minimum absolute atomic E-state index is 0.575. The van der Waals surface area contributed by atoms with Gasteiger partial charge in [-0.15, -0.1) is 0 Å². The molecule has 3 heteroatoms. The maximum Gasteiger partial charge on any atom is 0.0447 e. The monoisotopic (exact) mass is 261 g/mol. The van der Waals surface area contributed by atoms with Crippen molar-refractivity contribution in [1.82, 2.24) is 10.3 Å². The number of aryl methyl sites for hydroxylation is 1. The molecular formula is C16H27N3. The van der Waals surface area contributed by atoms with Gasteiger partial charge in [-0.3, -0.25) is 4.98 Å². The number of aromatic nitrogens is 1. The second-order valence-corrected chi connectivity index (χ2v) is 5.65. The second-order valence-electron chi connectivity index (χ2n) is 5.65. The Morgan fingerprint density at radius 1 is 1.42 bits per heavy atom. The van der Waals surface area contributed by atoms with E-state index in [0.29, 0.717) is 6.04 Å². The zero-order valence-corrected chi connectivity index (χ0v) is 12.7. The normalized spacial score (nSPS) is 16.4. The average molecular weight is 261 g/mol. The van der Waals surface area contributed by atoms with Crippen molar-refractivity contribution in [3.8, 4) is 0 Å². The predicted molar refractivity (Wildman–Crippen MR) is 81.6 cm³/mol. The molecule has 0 radical (unpaired) electrons. The Hall–Kier alpha value is -1.09. The van der Waals surface area contributed by atoms with Gasteiger partial charge in [-0.05, 0) is 46.1 Å². The van der Waals surface area contributed by atoms with Crippen molar-refractivity contribution in [1.29, 1.82) is 0 Å². The zero-order chi connectivity index (χ0) is 13.8. The van der Waals surface area contributed by atoms with E-state index >= 15 is 0 Å². The first-order chi connectivity index (χ1) is 9.15. The molecule has 1 aliphatic rings. The van der Waals surface area contributed by atoms with Crippen LogP contribution in [0.25, 0.3) is 0 Å². The quantitative estimate of drug-likeness (QED) is 0.816. The summed E-state index contributed by atoms with van der Waals surface area (Å²) in [6, 6.07) is 3.55. The van der Waals surface area contributed by atoms with E-state index in [2.05, 4.69) is 49.0 Å². The molecule has 1 fully saturated rings. The topological polar surface area (TPSA) is 28.2 Å². The summed E-state index contributed by atoms with van der Waals surface area (Å²) in [6.07, 6.45) is 5.88. The highest BCUT2D eigenvalue weighted by Crippen LogP contribution is 2.26. The Morgan fingerprint density at radius 3 is 2.74 bits per heavy atom. The van der Waals surface area contributed by atoms with Crippen LogP contribution in [-0.2, 0) is 6.54 Å². The van der Waals surface area contributed by atoms with Gasteiger partial charge in [-0.25, -0.2) is 0 Å². The number of nitrogens with one attached hydrogen (secondary N) is 1. The van der Waals surface area contributed by atoms with Crippen molar-refractivity contribution in [2.75, 3.05) is 11.4 Å². The van der Waals surface area contributed by atoms with Crippen LogP contribution in [0.3, 0.4) is 0 Å². The van der Waals surface area contributed by atoms with Crippen LogP contribution in [0.5, 0.6) is 0 Å². The molecule has 0 saturated heterocycles. The van der Waals surface area contributed by atoms with E-state index in [1.165, 1.54) is 30.5 Å². The summed E-state index contributed by atoms with van der Waals surface area (Å²) >= 11 is 0. The molecule has 0 bridgehead atoms. The fourth-order valence-electron chi connectivity index (χ4n) is 2.46. The summed E-state index contributed by atoms with van der Waals surface area (Å²) in [5.41, 5.74) is 3.80. The molecule has 1 atom stereocenters. The third kappa shape index (κ3) is 3.69. The minimum Gasteiger partial charge on any atom is -0.369 e. The van der Waals surface area contributed by atoms with Gasteiger partial charge >= 0.3 is 0 Å². The molecule has 1 saturated carbocycles. The van der Waals surface area contributed by atoms with E-state index in [4.69, 9.17) is 0 Å². The summed E-state index contributed by atoms with van der Waals surface area (Å²) in [6.45, 7) is 10.9. The first kappa shape index (κ1) is 14.3. The van der Waals surface area contributed by atoms with Crippen molar-refractivity contribution in [3.05, 3.63) is 23.5 Å². The molecule has 1 aromatic rings. The number of pyridine rings is 1. The van der Waals surface area contributed by atoms with Gasteiger partial charge in [0.2, 0.25) is 0 Å². The lowest BCUT2D eigenvalue weighted by molar-refractivity contribution is 0.620. The van der Waals surface area contributed by atoms with Gasteiger partial charge < -0.3 is 10.2 Å². The number of rotatable bonds is 7. The van der Waals surface area contributed by atoms with Gasteiger partial charge in [-0.2, -0.15) is 0 Å². The van der Waals surface area contributed by atoms with Crippen molar-refractivity contribution in [3.63, 3.8) is 0 Å². The van der Waals surface area contributed by atoms with Crippen molar-refractivity contribution in [2.45, 2.75) is 65.6 Å². The van der Waals surface area contributed by atoms with Gasteiger partial charge in [0.15, 0.2) is 0 Å². The van der Waals surface area contributed by atoms with Crippen LogP contribution in [-0.4, -0.2) is 23.6 Å². The van der Waals surface area contributed by atoms with Crippen LogP contribution in [0.1, 0.15) is 51.3 Å². The minimum atomic E-state index is 0.575. The predicted octanol–water partition coefficient (Wildman–Crippen LogP) is 3.27. The van der Waals surface area contributed by atoms with E-state index in [0.717, 1.165) is 24.8 Å². The molecule has 1 aromatic heterocycles. The molecule has 3 nitrogen and oxygen atoms in total. The molecule has 1 unspecified atom stereocenters. The second kappa shape index (κ2) is 6.38. The molecule has 1 aliphatic carbocycles. The first-order valence-corrected chi connectivity index (χ1v) is 7.61. The van der Waals surface area contributed by atoms with E-state index < -0.39 is 0 Å². The number of hydrogen-bond acceptors (Lipinski definition) is 3. The molecule has 19 heavy (non-hydrogen) atoms. The standard InChI is InChI=1S/C16H27N3/c1-5-13(4)19(6-2)16-9-12(3)17-10-14(16)11-18-15-7-8-15/h9-10,13,15,18H,5-8,11H2,1-4H3. The third-order valence-electron chi connectivity index (χ3n) is 4.03. The van der Waals surface area contributed by atoms with Crippen LogP contribution < -0.4 is 10.2 Å². The fraction of sp³-hybridized carbons (Fsp3) is 0.688. The highest BCUT2D eigenvalue weighted by atomic mass is 15.2. The summed E-state index contributed by atoms with van der Waals surface area (Å²) in [4.78, 5) is 6.97. The third-order valence-corrected chi connectivity index (χ3v) is 4.03. The molecular weight excluding hydrogens is 234 g/mol. The fourth-order valence-corrected chi connectivity index (χ4v) is 2.46. The maximum atomic E-state index is 4.47. The molecule has 1 heterocycles. The lowest BCUT2D eigenvalue weighted by Crippen LogP contribution is -2.33.